The summed E-state index contributed by atoms with van der Waals surface area (Å²) in [4.78, 5) is 25.8. The first-order chi connectivity index (χ1) is 13.6. The van der Waals surface area contributed by atoms with Gasteiger partial charge in [-0.25, -0.2) is 0 Å². The Labute approximate surface area is 166 Å². The number of rotatable bonds is 3. The molecule has 1 aliphatic heterocycles. The number of amides is 2. The summed E-state index contributed by atoms with van der Waals surface area (Å²) in [5, 5.41) is 5.91. The fraction of sp³-hybridized carbons (Fsp3) is 0.318. The fourth-order valence-corrected chi connectivity index (χ4v) is 5.61. The lowest BCUT2D eigenvalue weighted by Gasteiger charge is -2.18. The van der Waals surface area contributed by atoms with Crippen molar-refractivity contribution in [2.45, 2.75) is 12.8 Å². The molecular weight excluding hydrogens is 376 g/mol. The van der Waals surface area contributed by atoms with Crippen LogP contribution < -0.4 is 0 Å². The molecule has 1 aromatic carbocycles. The van der Waals surface area contributed by atoms with Crippen LogP contribution in [0.25, 0.3) is 11.3 Å². The molecule has 6 heteroatoms. The van der Waals surface area contributed by atoms with Crippen molar-refractivity contribution in [1.82, 2.24) is 5.01 Å². The predicted molar refractivity (Wildman–Crippen MR) is 103 cm³/mol. The van der Waals surface area contributed by atoms with Crippen LogP contribution in [-0.2, 0) is 9.59 Å². The van der Waals surface area contributed by atoms with Crippen LogP contribution >= 0.6 is 11.6 Å². The number of imide groups is 1. The molecule has 2 amide bonds. The lowest BCUT2D eigenvalue weighted by Crippen LogP contribution is -2.30. The van der Waals surface area contributed by atoms with E-state index in [0.29, 0.717) is 16.5 Å². The molecule has 0 N–H and O–H groups in total. The smallest absolute Gasteiger partial charge is 0.254 e. The number of carbonyl (C=O) groups excluding carboxylic acids is 2. The first-order valence-electron chi connectivity index (χ1n) is 9.54. The van der Waals surface area contributed by atoms with Gasteiger partial charge >= 0.3 is 0 Å². The van der Waals surface area contributed by atoms with Crippen molar-refractivity contribution < 1.29 is 14.0 Å². The normalized spacial score (nSPS) is 31.5. The minimum atomic E-state index is -0.233. The summed E-state index contributed by atoms with van der Waals surface area (Å²) in [5.74, 6) is 0.775. The van der Waals surface area contributed by atoms with Crippen molar-refractivity contribution in [3.8, 4) is 11.3 Å². The van der Waals surface area contributed by atoms with E-state index in [4.69, 9.17) is 16.0 Å². The van der Waals surface area contributed by atoms with Gasteiger partial charge in [-0.15, -0.1) is 0 Å². The van der Waals surface area contributed by atoms with Crippen LogP contribution in [0.5, 0.6) is 0 Å². The molecule has 28 heavy (non-hydrogen) atoms. The lowest BCUT2D eigenvalue weighted by molar-refractivity contribution is -0.141. The Morgan fingerprint density at radius 1 is 1.00 bits per heavy atom. The standard InChI is InChI=1S/C22H17ClN2O3/c23-13-3-1-12(2-4-13)17-8-5-14(28-17)11-24-25-20(26)18-15-6-7-16(19(18)21(25)27)22(15)9-10-22/h1-8,11,15-16,18-19H,9-10H2/b24-11-/t15-,16-,18-,19-/m1/s1. The number of hydrazone groups is 1. The Hall–Kier alpha value is -2.66. The van der Waals surface area contributed by atoms with E-state index in [1.54, 1.807) is 18.2 Å². The quantitative estimate of drug-likeness (QED) is 0.448. The van der Waals surface area contributed by atoms with E-state index in [0.717, 1.165) is 23.4 Å². The van der Waals surface area contributed by atoms with Gasteiger partial charge in [0.05, 0.1) is 18.1 Å². The van der Waals surface area contributed by atoms with E-state index in [-0.39, 0.29) is 40.9 Å². The average Bonchev–Trinajstić information content (AvgIpc) is 2.97. The van der Waals surface area contributed by atoms with Crippen molar-refractivity contribution in [2.24, 2.45) is 34.2 Å². The van der Waals surface area contributed by atoms with Crippen LogP contribution in [0.2, 0.25) is 5.02 Å². The average molecular weight is 393 g/mol. The van der Waals surface area contributed by atoms with Crippen molar-refractivity contribution in [1.29, 1.82) is 0 Å². The van der Waals surface area contributed by atoms with Crippen LogP contribution in [0.4, 0.5) is 0 Å². The van der Waals surface area contributed by atoms with E-state index < -0.39 is 0 Å². The number of fused-ring (bicyclic) bond motifs is 3. The Morgan fingerprint density at radius 3 is 2.25 bits per heavy atom. The van der Waals surface area contributed by atoms with Crippen LogP contribution in [0, 0.1) is 29.1 Å². The molecule has 4 atom stereocenters. The second-order valence-electron chi connectivity index (χ2n) is 8.16. The maximum atomic E-state index is 12.9. The van der Waals surface area contributed by atoms with Crippen LogP contribution in [0.3, 0.4) is 0 Å². The summed E-state index contributed by atoms with van der Waals surface area (Å²) in [6.45, 7) is 0. The number of allylic oxidation sites excluding steroid dienone is 2. The molecule has 3 fully saturated rings. The molecule has 4 aliphatic rings. The molecule has 2 saturated carbocycles. The van der Waals surface area contributed by atoms with E-state index in [1.807, 2.05) is 18.2 Å². The molecule has 1 aromatic heterocycles. The van der Waals surface area contributed by atoms with Gasteiger partial charge in [0.2, 0.25) is 0 Å². The SMILES string of the molecule is O=C1[C@H]2[C@H](C(=O)N1/N=C\c1ccc(-c3ccc(Cl)cc3)o1)[C@H]1C=C[C@H]2C12CC2. The molecule has 2 bridgehead atoms. The highest BCUT2D eigenvalue weighted by atomic mass is 35.5. The van der Waals surface area contributed by atoms with Gasteiger partial charge in [-0.1, -0.05) is 23.8 Å². The Morgan fingerprint density at radius 2 is 1.64 bits per heavy atom. The number of hydrogen-bond donors (Lipinski definition) is 0. The Bertz CT molecular complexity index is 1030. The van der Waals surface area contributed by atoms with Crippen LogP contribution in [0.1, 0.15) is 18.6 Å². The second-order valence-corrected chi connectivity index (χ2v) is 8.60. The third kappa shape index (κ3) is 2.05. The molecule has 1 spiro atoms. The third-order valence-corrected chi connectivity index (χ3v) is 7.14. The molecule has 0 unspecified atom stereocenters. The number of benzene rings is 1. The summed E-state index contributed by atoms with van der Waals surface area (Å²) >= 11 is 5.92. The summed E-state index contributed by atoms with van der Waals surface area (Å²) in [7, 11) is 0. The number of halogens is 1. The fourth-order valence-electron chi connectivity index (χ4n) is 5.48. The molecule has 2 aromatic rings. The van der Waals surface area contributed by atoms with Crippen LogP contribution in [0.15, 0.2) is 58.1 Å². The summed E-state index contributed by atoms with van der Waals surface area (Å²) in [6.07, 6.45) is 8.01. The molecule has 140 valence electrons. The van der Waals surface area contributed by atoms with Gasteiger partial charge in [0, 0.05) is 10.6 Å². The van der Waals surface area contributed by atoms with Gasteiger partial charge < -0.3 is 4.42 Å². The van der Waals surface area contributed by atoms with Gasteiger partial charge in [-0.05, 0) is 66.5 Å². The summed E-state index contributed by atoms with van der Waals surface area (Å²) < 4.78 is 5.78. The number of nitrogens with zero attached hydrogens (tertiary/aromatic N) is 2. The van der Waals surface area contributed by atoms with Gasteiger partial charge in [-0.2, -0.15) is 10.1 Å². The largest absolute Gasteiger partial charge is 0.455 e. The highest BCUT2D eigenvalue weighted by Gasteiger charge is 2.73. The zero-order chi connectivity index (χ0) is 19.0. The molecule has 6 rings (SSSR count). The van der Waals surface area contributed by atoms with Crippen molar-refractivity contribution in [3.05, 3.63) is 59.3 Å². The van der Waals surface area contributed by atoms with Gasteiger partial charge in [0.15, 0.2) is 0 Å². The highest BCUT2D eigenvalue weighted by molar-refractivity contribution is 6.30. The topological polar surface area (TPSA) is 62.9 Å². The van der Waals surface area contributed by atoms with E-state index >= 15 is 0 Å². The zero-order valence-corrected chi connectivity index (χ0v) is 15.7. The molecule has 5 nitrogen and oxygen atoms in total. The van der Waals surface area contributed by atoms with Crippen molar-refractivity contribution in [2.75, 3.05) is 0 Å². The Balaban J connectivity index is 1.24. The highest BCUT2D eigenvalue weighted by Crippen LogP contribution is 2.73. The van der Waals surface area contributed by atoms with E-state index in [1.165, 1.54) is 6.21 Å². The van der Waals surface area contributed by atoms with Gasteiger partial charge in [0.1, 0.15) is 11.5 Å². The molecule has 3 aliphatic carbocycles. The van der Waals surface area contributed by atoms with Crippen molar-refractivity contribution in [3.63, 3.8) is 0 Å². The summed E-state index contributed by atoms with van der Waals surface area (Å²) in [5.41, 5.74) is 1.09. The zero-order valence-electron chi connectivity index (χ0n) is 14.9. The minimum absolute atomic E-state index is 0.168. The van der Waals surface area contributed by atoms with Crippen molar-refractivity contribution >= 4 is 29.6 Å². The molecule has 2 heterocycles. The van der Waals surface area contributed by atoms with Gasteiger partial charge in [0.25, 0.3) is 11.8 Å². The third-order valence-electron chi connectivity index (χ3n) is 6.89. The minimum Gasteiger partial charge on any atom is -0.455 e. The number of carbonyl (C=O) groups is 2. The molecular formula is C22H17ClN2O3. The van der Waals surface area contributed by atoms with E-state index in [2.05, 4.69) is 17.3 Å². The molecule has 1 saturated heterocycles. The first kappa shape index (κ1) is 16.3. The van der Waals surface area contributed by atoms with E-state index in [9.17, 15) is 9.59 Å². The number of hydrogen-bond acceptors (Lipinski definition) is 4. The monoisotopic (exact) mass is 392 g/mol. The first-order valence-corrected chi connectivity index (χ1v) is 9.92. The maximum Gasteiger partial charge on any atom is 0.254 e. The maximum absolute atomic E-state index is 12.9. The molecule has 0 radical (unpaired) electrons. The Kier molecular flexibility index (Phi) is 3.17. The number of furan rings is 1. The lowest BCUT2D eigenvalue weighted by atomic mass is 9.85. The second kappa shape index (κ2) is 5.45. The predicted octanol–water partition coefficient (Wildman–Crippen LogP) is 4.13. The van der Waals surface area contributed by atoms with Gasteiger partial charge in [-0.3, -0.25) is 9.59 Å². The summed E-state index contributed by atoms with van der Waals surface area (Å²) in [6, 6.07) is 10.9. The van der Waals surface area contributed by atoms with Crippen LogP contribution in [-0.4, -0.2) is 23.0 Å².